The maximum atomic E-state index is 12.7. The van der Waals surface area contributed by atoms with Crippen molar-refractivity contribution >= 4 is 17.3 Å². The molecule has 2 unspecified atom stereocenters. The molecule has 2 atom stereocenters. The molecule has 0 aromatic heterocycles. The number of carbonyl (C=O) groups excluding carboxylic acids is 1. The first-order chi connectivity index (χ1) is 16.6. The van der Waals surface area contributed by atoms with E-state index in [0.29, 0.717) is 18.4 Å². The Labute approximate surface area is 202 Å². The van der Waals surface area contributed by atoms with Gasteiger partial charge in [0.25, 0.3) is 5.91 Å². The molecule has 2 N–H and O–H groups in total. The van der Waals surface area contributed by atoms with Crippen LogP contribution in [-0.4, -0.2) is 25.5 Å². The summed E-state index contributed by atoms with van der Waals surface area (Å²) in [6.45, 7) is 7.72. The molecule has 4 nitrogen and oxygen atoms in total. The third kappa shape index (κ3) is 4.51. The number of hydrogen-bond acceptors (Lipinski definition) is 3. The molecule has 0 fully saturated rings. The first-order valence-electron chi connectivity index (χ1n) is 12.4. The molecule has 0 radical (unpaired) electrons. The molecular weight excluding hydrogens is 418 g/mol. The Morgan fingerprint density at radius 1 is 1.03 bits per heavy atom. The van der Waals surface area contributed by atoms with E-state index >= 15 is 0 Å². The fourth-order valence-corrected chi connectivity index (χ4v) is 5.10. The number of allylic oxidation sites excluding steroid dienone is 1. The zero-order valence-electron chi connectivity index (χ0n) is 20.1. The van der Waals surface area contributed by atoms with E-state index in [2.05, 4.69) is 96.1 Å². The fourth-order valence-electron chi connectivity index (χ4n) is 5.10. The van der Waals surface area contributed by atoms with E-state index in [1.165, 1.54) is 28.0 Å². The van der Waals surface area contributed by atoms with Gasteiger partial charge in [0.15, 0.2) is 0 Å². The minimum Gasteiger partial charge on any atom is -0.350 e. The third-order valence-corrected chi connectivity index (χ3v) is 7.09. The van der Waals surface area contributed by atoms with Crippen molar-refractivity contribution in [3.63, 3.8) is 0 Å². The van der Waals surface area contributed by atoms with Gasteiger partial charge in [0.2, 0.25) is 0 Å². The lowest BCUT2D eigenvalue weighted by atomic mass is 9.94. The second-order valence-electron chi connectivity index (χ2n) is 9.52. The highest BCUT2D eigenvalue weighted by Gasteiger charge is 2.29. The quantitative estimate of drug-likeness (QED) is 0.507. The Bertz CT molecular complexity index is 1180. The van der Waals surface area contributed by atoms with E-state index in [1.54, 1.807) is 0 Å². The Morgan fingerprint density at radius 2 is 1.82 bits per heavy atom. The van der Waals surface area contributed by atoms with Crippen LogP contribution in [0.1, 0.15) is 64.7 Å². The second-order valence-corrected chi connectivity index (χ2v) is 9.52. The number of hydrogen-bond donors (Lipinski definition) is 2. The van der Waals surface area contributed by atoms with Crippen LogP contribution in [0.5, 0.6) is 0 Å². The summed E-state index contributed by atoms with van der Waals surface area (Å²) in [5, 5.41) is 6.67. The molecule has 0 bridgehead atoms. The molecule has 174 valence electrons. The summed E-state index contributed by atoms with van der Waals surface area (Å²) in [5.41, 5.74) is 8.16. The largest absolute Gasteiger partial charge is 0.350 e. The Balaban J connectivity index is 1.33. The van der Waals surface area contributed by atoms with E-state index in [4.69, 9.17) is 0 Å². The molecule has 2 aliphatic heterocycles. The molecular formula is C30H33N3O. The SMILES string of the molecule is CC(CNCc1ccc(C2=CCC(C)c3cccc4c3N2CCNC4=O)cc1)c1ccccc1. The van der Waals surface area contributed by atoms with Crippen molar-refractivity contribution in [2.24, 2.45) is 0 Å². The van der Waals surface area contributed by atoms with E-state index in [0.717, 1.165) is 37.3 Å². The lowest BCUT2D eigenvalue weighted by Gasteiger charge is -2.28. The van der Waals surface area contributed by atoms with Crippen molar-refractivity contribution in [3.05, 3.63) is 107 Å². The lowest BCUT2D eigenvalue weighted by Crippen LogP contribution is -2.29. The van der Waals surface area contributed by atoms with Gasteiger partial charge in [0.1, 0.15) is 0 Å². The van der Waals surface area contributed by atoms with Crippen molar-refractivity contribution in [2.45, 2.75) is 38.6 Å². The van der Waals surface area contributed by atoms with Gasteiger partial charge in [-0.25, -0.2) is 0 Å². The predicted octanol–water partition coefficient (Wildman–Crippen LogP) is 5.68. The molecule has 3 aromatic carbocycles. The number of benzene rings is 3. The maximum Gasteiger partial charge on any atom is 0.253 e. The number of rotatable bonds is 6. The van der Waals surface area contributed by atoms with E-state index in [1.807, 2.05) is 12.1 Å². The van der Waals surface area contributed by atoms with Crippen molar-refractivity contribution in [3.8, 4) is 0 Å². The van der Waals surface area contributed by atoms with Gasteiger partial charge in [-0.15, -0.1) is 0 Å². The highest BCUT2D eigenvalue weighted by Crippen LogP contribution is 2.41. The van der Waals surface area contributed by atoms with Gasteiger partial charge in [-0.05, 0) is 46.6 Å². The van der Waals surface area contributed by atoms with E-state index in [-0.39, 0.29) is 5.91 Å². The minimum atomic E-state index is 0.0268. The smallest absolute Gasteiger partial charge is 0.253 e. The van der Waals surface area contributed by atoms with Gasteiger partial charge in [-0.2, -0.15) is 0 Å². The molecule has 0 aliphatic carbocycles. The molecule has 5 rings (SSSR count). The summed E-state index contributed by atoms with van der Waals surface area (Å²) < 4.78 is 0. The molecule has 0 saturated carbocycles. The molecule has 1 amide bonds. The Hall–Kier alpha value is -3.37. The van der Waals surface area contributed by atoms with Gasteiger partial charge in [0.05, 0.1) is 11.3 Å². The van der Waals surface area contributed by atoms with Crippen molar-refractivity contribution in [2.75, 3.05) is 24.5 Å². The average Bonchev–Trinajstić information content (AvgIpc) is 3.12. The minimum absolute atomic E-state index is 0.0268. The predicted molar refractivity (Wildman–Crippen MR) is 140 cm³/mol. The van der Waals surface area contributed by atoms with Crippen LogP contribution in [0.25, 0.3) is 5.70 Å². The zero-order valence-corrected chi connectivity index (χ0v) is 20.1. The van der Waals surface area contributed by atoms with Crippen molar-refractivity contribution < 1.29 is 4.79 Å². The summed E-state index contributed by atoms with van der Waals surface area (Å²) >= 11 is 0. The van der Waals surface area contributed by atoms with Crippen molar-refractivity contribution in [1.29, 1.82) is 0 Å². The summed E-state index contributed by atoms with van der Waals surface area (Å²) in [5.74, 6) is 0.877. The number of anilines is 1. The lowest BCUT2D eigenvalue weighted by molar-refractivity contribution is 0.0958. The average molecular weight is 452 g/mol. The van der Waals surface area contributed by atoms with Gasteiger partial charge in [-0.3, -0.25) is 4.79 Å². The zero-order chi connectivity index (χ0) is 23.5. The molecule has 2 aliphatic rings. The Kier molecular flexibility index (Phi) is 6.50. The van der Waals surface area contributed by atoms with Crippen LogP contribution in [0.2, 0.25) is 0 Å². The van der Waals surface area contributed by atoms with Gasteiger partial charge in [0, 0.05) is 31.9 Å². The van der Waals surface area contributed by atoms with E-state index in [9.17, 15) is 4.79 Å². The maximum absolute atomic E-state index is 12.7. The highest BCUT2D eigenvalue weighted by molar-refractivity contribution is 6.03. The molecule has 0 saturated heterocycles. The first kappa shape index (κ1) is 22.4. The number of carbonyl (C=O) groups is 1. The van der Waals surface area contributed by atoms with Crippen LogP contribution in [0.4, 0.5) is 5.69 Å². The van der Waals surface area contributed by atoms with Crippen LogP contribution >= 0.6 is 0 Å². The standard InChI is InChI=1S/C30H33N3O/c1-21-11-16-28(33-18-17-32-30(34)27-10-6-9-26(21)29(27)33)25-14-12-23(13-15-25)20-31-19-22(2)24-7-4-3-5-8-24/h3-10,12-16,21-22,31H,11,17-20H2,1-2H3,(H,32,34). The summed E-state index contributed by atoms with van der Waals surface area (Å²) in [6, 6.07) is 25.7. The monoisotopic (exact) mass is 451 g/mol. The molecule has 2 heterocycles. The van der Waals surface area contributed by atoms with Gasteiger partial charge < -0.3 is 15.5 Å². The third-order valence-electron chi connectivity index (χ3n) is 7.09. The molecule has 0 spiro atoms. The first-order valence-corrected chi connectivity index (χ1v) is 12.4. The summed E-state index contributed by atoms with van der Waals surface area (Å²) in [4.78, 5) is 15.1. The second kappa shape index (κ2) is 9.86. The number of amides is 1. The van der Waals surface area contributed by atoms with Crippen LogP contribution < -0.4 is 15.5 Å². The molecule has 3 aromatic rings. The number of nitrogens with zero attached hydrogens (tertiary/aromatic N) is 1. The van der Waals surface area contributed by atoms with Crippen LogP contribution in [0, 0.1) is 0 Å². The van der Waals surface area contributed by atoms with Crippen molar-refractivity contribution in [1.82, 2.24) is 10.6 Å². The number of nitrogens with one attached hydrogen (secondary N) is 2. The number of para-hydroxylation sites is 1. The Morgan fingerprint density at radius 3 is 2.62 bits per heavy atom. The molecule has 34 heavy (non-hydrogen) atoms. The van der Waals surface area contributed by atoms with Crippen LogP contribution in [-0.2, 0) is 6.54 Å². The van der Waals surface area contributed by atoms with Crippen LogP contribution in [0.15, 0.2) is 78.9 Å². The van der Waals surface area contributed by atoms with Gasteiger partial charge >= 0.3 is 0 Å². The molecule has 4 heteroatoms. The summed E-state index contributed by atoms with van der Waals surface area (Å²) in [7, 11) is 0. The highest BCUT2D eigenvalue weighted by atomic mass is 16.1. The normalized spacial score (nSPS) is 18.3. The van der Waals surface area contributed by atoms with E-state index < -0.39 is 0 Å². The topological polar surface area (TPSA) is 44.4 Å². The van der Waals surface area contributed by atoms with Crippen LogP contribution in [0.3, 0.4) is 0 Å². The van der Waals surface area contributed by atoms with Gasteiger partial charge in [-0.1, -0.05) is 86.7 Å². The summed E-state index contributed by atoms with van der Waals surface area (Å²) in [6.07, 6.45) is 3.31. The fraction of sp³-hybridized carbons (Fsp3) is 0.300.